The Labute approximate surface area is 166 Å². The van der Waals surface area contributed by atoms with Crippen LogP contribution < -0.4 is 10.1 Å². The van der Waals surface area contributed by atoms with E-state index in [0.717, 1.165) is 19.3 Å². The second-order valence-electron chi connectivity index (χ2n) is 7.05. The zero-order chi connectivity index (χ0) is 20.9. The molecule has 1 atom stereocenters. The minimum Gasteiger partial charge on any atom is -0.495 e. The maximum absolute atomic E-state index is 13.2. The number of ether oxygens (including phenoxy) is 2. The summed E-state index contributed by atoms with van der Waals surface area (Å²) in [4.78, 5) is 23.9. The number of benzene rings is 1. The third-order valence-electron chi connectivity index (χ3n) is 4.51. The van der Waals surface area contributed by atoms with E-state index in [1.807, 2.05) is 6.92 Å². The van der Waals surface area contributed by atoms with Gasteiger partial charge in [-0.3, -0.25) is 9.59 Å². The van der Waals surface area contributed by atoms with E-state index in [4.69, 9.17) is 9.47 Å². The van der Waals surface area contributed by atoms with Crippen molar-refractivity contribution in [2.45, 2.75) is 57.1 Å². The fraction of sp³-hybridized carbons (Fsp3) is 0.579. The highest BCUT2D eigenvalue weighted by Crippen LogP contribution is 2.31. The van der Waals surface area contributed by atoms with Gasteiger partial charge in [0.1, 0.15) is 17.2 Å². The molecule has 1 unspecified atom stereocenters. The number of methoxy groups -OCH3 is 1. The summed E-state index contributed by atoms with van der Waals surface area (Å²) in [6.45, 7) is 5.43. The van der Waals surface area contributed by atoms with Crippen molar-refractivity contribution >= 4 is 21.9 Å². The molecular formula is C19H28N2O6S. The van der Waals surface area contributed by atoms with Gasteiger partial charge in [0.05, 0.1) is 13.2 Å². The first-order valence-electron chi connectivity index (χ1n) is 9.34. The predicted octanol–water partition coefficient (Wildman–Crippen LogP) is 1.94. The molecule has 0 bridgehead atoms. The number of hydrogen-bond acceptors (Lipinski definition) is 6. The van der Waals surface area contributed by atoms with Gasteiger partial charge in [-0.2, -0.15) is 4.31 Å². The van der Waals surface area contributed by atoms with E-state index >= 15 is 0 Å². The summed E-state index contributed by atoms with van der Waals surface area (Å²) in [5, 5.41) is 2.45. The molecule has 1 N–H and O–H groups in total. The largest absolute Gasteiger partial charge is 0.495 e. The highest BCUT2D eigenvalue weighted by atomic mass is 32.2. The molecule has 0 radical (unpaired) electrons. The maximum atomic E-state index is 13.2. The lowest BCUT2D eigenvalue weighted by molar-refractivity contribution is -0.146. The van der Waals surface area contributed by atoms with Crippen molar-refractivity contribution in [1.82, 2.24) is 9.62 Å². The van der Waals surface area contributed by atoms with Crippen LogP contribution in [0.5, 0.6) is 5.75 Å². The Morgan fingerprint density at radius 2 is 2.00 bits per heavy atom. The molecule has 1 heterocycles. The van der Waals surface area contributed by atoms with E-state index in [2.05, 4.69) is 5.32 Å². The Bertz CT molecular complexity index is 822. The number of carbonyl (C=O) groups excluding carboxylic acids is 2. The van der Waals surface area contributed by atoms with Gasteiger partial charge in [-0.25, -0.2) is 8.42 Å². The third-order valence-corrected chi connectivity index (χ3v) is 6.55. The van der Waals surface area contributed by atoms with Crippen molar-refractivity contribution in [2.24, 2.45) is 0 Å². The van der Waals surface area contributed by atoms with Crippen LogP contribution in [0.15, 0.2) is 23.1 Å². The topological polar surface area (TPSA) is 102 Å². The quantitative estimate of drug-likeness (QED) is 0.687. The van der Waals surface area contributed by atoms with E-state index in [1.165, 1.54) is 29.6 Å². The van der Waals surface area contributed by atoms with Gasteiger partial charge in [-0.1, -0.05) is 6.42 Å². The van der Waals surface area contributed by atoms with E-state index in [1.54, 1.807) is 13.8 Å². The van der Waals surface area contributed by atoms with Crippen molar-refractivity contribution in [3.8, 4) is 5.75 Å². The normalized spacial score (nSPS) is 18.0. The second-order valence-corrected chi connectivity index (χ2v) is 8.91. The summed E-state index contributed by atoms with van der Waals surface area (Å²) in [6.07, 6.45) is 2.29. The fourth-order valence-corrected chi connectivity index (χ4v) is 5.02. The lowest BCUT2D eigenvalue weighted by Gasteiger charge is -2.32. The Balaban J connectivity index is 2.25. The molecular weight excluding hydrogens is 384 g/mol. The first kappa shape index (κ1) is 22.2. The molecule has 1 saturated heterocycles. The molecule has 1 aliphatic rings. The SMILES string of the molecule is COc1ccc(C(=O)NCC(=O)OC(C)C)cc1S(=O)(=O)N1CCCCC1C. The number of amides is 1. The van der Waals surface area contributed by atoms with Gasteiger partial charge in [0.2, 0.25) is 10.0 Å². The standard InChI is InChI=1S/C19H28N2O6S/c1-13(2)27-18(22)12-20-19(23)15-8-9-16(26-4)17(11-15)28(24,25)21-10-6-5-7-14(21)3/h8-9,11,13-14H,5-7,10,12H2,1-4H3,(H,20,23). The van der Waals surface area contributed by atoms with Crippen LogP contribution in [0.2, 0.25) is 0 Å². The van der Waals surface area contributed by atoms with Gasteiger partial charge in [0.25, 0.3) is 5.91 Å². The molecule has 9 heteroatoms. The number of nitrogens with one attached hydrogen (secondary N) is 1. The van der Waals surface area contributed by atoms with E-state index in [9.17, 15) is 18.0 Å². The van der Waals surface area contributed by atoms with Gasteiger partial charge in [-0.05, 0) is 51.8 Å². The molecule has 1 aromatic rings. The third kappa shape index (κ3) is 5.23. The average molecular weight is 413 g/mol. The minimum absolute atomic E-state index is 0.0545. The van der Waals surface area contributed by atoms with Crippen LogP contribution in [0.4, 0.5) is 0 Å². The monoisotopic (exact) mass is 412 g/mol. The molecule has 1 fully saturated rings. The Hall–Kier alpha value is -2.13. The van der Waals surface area contributed by atoms with Crippen LogP contribution >= 0.6 is 0 Å². The van der Waals surface area contributed by atoms with Crippen molar-refractivity contribution in [3.05, 3.63) is 23.8 Å². The molecule has 1 amide bonds. The lowest BCUT2D eigenvalue weighted by Crippen LogP contribution is -2.42. The van der Waals surface area contributed by atoms with Crippen LogP contribution in [-0.4, -0.2) is 56.9 Å². The molecule has 156 valence electrons. The zero-order valence-corrected chi connectivity index (χ0v) is 17.5. The molecule has 0 spiro atoms. The van der Waals surface area contributed by atoms with Crippen LogP contribution in [0.25, 0.3) is 0 Å². The predicted molar refractivity (Wildman–Crippen MR) is 104 cm³/mol. The highest BCUT2D eigenvalue weighted by Gasteiger charge is 2.33. The molecule has 0 aromatic heterocycles. The van der Waals surface area contributed by atoms with Gasteiger partial charge in [-0.15, -0.1) is 0 Å². The van der Waals surface area contributed by atoms with E-state index in [0.29, 0.717) is 6.54 Å². The second kappa shape index (κ2) is 9.38. The molecule has 0 aliphatic carbocycles. The number of esters is 1. The van der Waals surface area contributed by atoms with E-state index in [-0.39, 0.29) is 34.9 Å². The van der Waals surface area contributed by atoms with Crippen LogP contribution in [0, 0.1) is 0 Å². The first-order chi connectivity index (χ1) is 13.2. The average Bonchev–Trinajstić information content (AvgIpc) is 2.65. The van der Waals surface area contributed by atoms with Gasteiger partial charge < -0.3 is 14.8 Å². The number of piperidine rings is 1. The summed E-state index contributed by atoms with van der Waals surface area (Å²) in [5.74, 6) is -0.952. The molecule has 8 nitrogen and oxygen atoms in total. The molecule has 1 aromatic carbocycles. The maximum Gasteiger partial charge on any atom is 0.325 e. The fourth-order valence-electron chi connectivity index (χ4n) is 3.13. The summed E-state index contributed by atoms with van der Waals surface area (Å²) < 4.78 is 38.0. The number of carbonyl (C=O) groups is 2. The summed E-state index contributed by atoms with van der Waals surface area (Å²) in [5.41, 5.74) is 0.126. The minimum atomic E-state index is -3.82. The van der Waals surface area contributed by atoms with Crippen molar-refractivity contribution in [2.75, 3.05) is 20.2 Å². The molecule has 0 saturated carbocycles. The van der Waals surface area contributed by atoms with Crippen molar-refractivity contribution in [3.63, 3.8) is 0 Å². The van der Waals surface area contributed by atoms with Crippen LogP contribution in [0.1, 0.15) is 50.4 Å². The van der Waals surface area contributed by atoms with E-state index < -0.39 is 21.9 Å². The zero-order valence-electron chi connectivity index (χ0n) is 16.7. The lowest BCUT2D eigenvalue weighted by atomic mass is 10.1. The Kier molecular flexibility index (Phi) is 7.42. The smallest absolute Gasteiger partial charge is 0.325 e. The Morgan fingerprint density at radius 3 is 2.61 bits per heavy atom. The van der Waals surface area contributed by atoms with Gasteiger partial charge >= 0.3 is 5.97 Å². The summed E-state index contributed by atoms with van der Waals surface area (Å²) in [6, 6.07) is 4.08. The van der Waals surface area contributed by atoms with Crippen molar-refractivity contribution in [1.29, 1.82) is 0 Å². The van der Waals surface area contributed by atoms with Crippen LogP contribution in [-0.2, 0) is 19.6 Å². The summed E-state index contributed by atoms with van der Waals surface area (Å²) in [7, 11) is -2.44. The molecule has 28 heavy (non-hydrogen) atoms. The van der Waals surface area contributed by atoms with Crippen molar-refractivity contribution < 1.29 is 27.5 Å². The van der Waals surface area contributed by atoms with Gasteiger partial charge in [0.15, 0.2) is 0 Å². The number of hydrogen-bond donors (Lipinski definition) is 1. The molecule has 2 rings (SSSR count). The summed E-state index contributed by atoms with van der Waals surface area (Å²) >= 11 is 0. The number of rotatable bonds is 7. The first-order valence-corrected chi connectivity index (χ1v) is 10.8. The molecule has 1 aliphatic heterocycles. The number of nitrogens with zero attached hydrogens (tertiary/aromatic N) is 1. The number of sulfonamides is 1. The van der Waals surface area contributed by atoms with Crippen LogP contribution in [0.3, 0.4) is 0 Å². The highest BCUT2D eigenvalue weighted by molar-refractivity contribution is 7.89. The Morgan fingerprint density at radius 1 is 1.29 bits per heavy atom. The van der Waals surface area contributed by atoms with Gasteiger partial charge in [0, 0.05) is 18.2 Å².